The zero-order chi connectivity index (χ0) is 14.8. The van der Waals surface area contributed by atoms with Crippen LogP contribution in [0.5, 0.6) is 0 Å². The molecule has 20 heavy (non-hydrogen) atoms. The third-order valence-corrected chi connectivity index (χ3v) is 5.05. The lowest BCUT2D eigenvalue weighted by molar-refractivity contribution is -0.116. The van der Waals surface area contributed by atoms with Crippen molar-refractivity contribution in [3.05, 3.63) is 57.8 Å². The van der Waals surface area contributed by atoms with Gasteiger partial charge in [0.25, 0.3) is 0 Å². The van der Waals surface area contributed by atoms with E-state index in [1.54, 1.807) is 11.3 Å². The number of benzene rings is 1. The molecule has 1 heterocycles. The third kappa shape index (κ3) is 3.13. The Balaban J connectivity index is 2.34. The number of hydrogen-bond donors (Lipinski definition) is 0. The molecule has 0 aliphatic heterocycles. The van der Waals surface area contributed by atoms with Crippen molar-refractivity contribution in [3.63, 3.8) is 0 Å². The Morgan fingerprint density at radius 3 is 2.35 bits per heavy atom. The molecule has 3 heteroatoms. The Hall–Kier alpha value is -1.12. The summed E-state index contributed by atoms with van der Waals surface area (Å²) >= 11 is 7.56. The second-order valence-corrected chi connectivity index (χ2v) is 7.01. The van der Waals surface area contributed by atoms with Crippen LogP contribution in [0.3, 0.4) is 0 Å². The summed E-state index contributed by atoms with van der Waals surface area (Å²) in [6.07, 6.45) is 0.647. The summed E-state index contributed by atoms with van der Waals surface area (Å²) < 4.78 is 0. The zero-order valence-electron chi connectivity index (χ0n) is 12.0. The van der Waals surface area contributed by atoms with E-state index in [0.29, 0.717) is 12.3 Å². The van der Waals surface area contributed by atoms with Crippen LogP contribution in [0.25, 0.3) is 0 Å². The predicted molar refractivity (Wildman–Crippen MR) is 86.8 cm³/mol. The molecule has 0 bridgehead atoms. The van der Waals surface area contributed by atoms with Gasteiger partial charge in [-0.15, -0.1) is 11.3 Å². The first-order valence-corrected chi connectivity index (χ1v) is 8.02. The van der Waals surface area contributed by atoms with E-state index in [4.69, 9.17) is 11.6 Å². The fourth-order valence-corrected chi connectivity index (χ4v) is 3.32. The van der Waals surface area contributed by atoms with Crippen LogP contribution in [0.15, 0.2) is 41.8 Å². The van der Waals surface area contributed by atoms with Crippen molar-refractivity contribution in [1.82, 2.24) is 0 Å². The Morgan fingerprint density at radius 2 is 1.90 bits per heavy atom. The average molecular weight is 307 g/mol. The molecular formula is C17H19ClOS. The molecule has 0 saturated heterocycles. The van der Waals surface area contributed by atoms with Crippen LogP contribution >= 0.6 is 22.9 Å². The molecule has 1 nitrogen and oxygen atoms in total. The first-order chi connectivity index (χ1) is 9.43. The van der Waals surface area contributed by atoms with Gasteiger partial charge in [0.15, 0.2) is 0 Å². The molecule has 0 aliphatic rings. The highest BCUT2D eigenvalue weighted by atomic mass is 35.5. The lowest BCUT2D eigenvalue weighted by Crippen LogP contribution is -2.31. The lowest BCUT2D eigenvalue weighted by Gasteiger charge is -2.26. The summed E-state index contributed by atoms with van der Waals surface area (Å²) in [6.45, 7) is 6.24. The Bertz CT molecular complexity index is 572. The number of hydrogen-bond acceptors (Lipinski definition) is 2. The van der Waals surface area contributed by atoms with Gasteiger partial charge < -0.3 is 0 Å². The van der Waals surface area contributed by atoms with Crippen LogP contribution in [0.1, 0.15) is 42.7 Å². The Morgan fingerprint density at radius 1 is 1.25 bits per heavy atom. The van der Waals surface area contributed by atoms with Crippen molar-refractivity contribution >= 4 is 28.2 Å². The van der Waals surface area contributed by atoms with Crippen LogP contribution in [-0.4, -0.2) is 5.24 Å². The number of halogens is 1. The minimum absolute atomic E-state index is 0.303. The van der Waals surface area contributed by atoms with Gasteiger partial charge in [-0.25, -0.2) is 0 Å². The largest absolute Gasteiger partial charge is 0.280 e. The molecule has 1 unspecified atom stereocenters. The van der Waals surface area contributed by atoms with E-state index >= 15 is 0 Å². The average Bonchev–Trinajstić information content (AvgIpc) is 2.91. The fraction of sp³-hybridized carbons (Fsp3) is 0.353. The third-order valence-electron chi connectivity index (χ3n) is 3.76. The maximum absolute atomic E-state index is 12.0. The van der Waals surface area contributed by atoms with Crippen molar-refractivity contribution in [2.45, 2.75) is 38.5 Å². The van der Waals surface area contributed by atoms with Gasteiger partial charge in [0, 0.05) is 4.88 Å². The van der Waals surface area contributed by atoms with Gasteiger partial charge in [0.05, 0.1) is 5.41 Å². The molecule has 1 atom stereocenters. The van der Waals surface area contributed by atoms with Crippen LogP contribution in [0.2, 0.25) is 0 Å². The highest BCUT2D eigenvalue weighted by Crippen LogP contribution is 2.33. The van der Waals surface area contributed by atoms with Crippen molar-refractivity contribution in [2.75, 3.05) is 0 Å². The summed E-state index contributed by atoms with van der Waals surface area (Å²) in [5.41, 5.74) is 1.59. The molecule has 1 aromatic carbocycles. The van der Waals surface area contributed by atoms with Crippen LogP contribution in [0, 0.1) is 0 Å². The molecule has 0 fully saturated rings. The van der Waals surface area contributed by atoms with E-state index < -0.39 is 5.41 Å². The molecule has 2 aromatic rings. The van der Waals surface area contributed by atoms with Gasteiger partial charge in [-0.05, 0) is 53.4 Å². The molecule has 0 N–H and O–H groups in total. The monoisotopic (exact) mass is 306 g/mol. The van der Waals surface area contributed by atoms with E-state index in [1.807, 2.05) is 36.6 Å². The highest BCUT2D eigenvalue weighted by molar-refractivity contribution is 7.09. The minimum atomic E-state index is -0.665. The standard InChI is InChI=1S/C17H19ClOS/c1-12(2)13-6-8-14(9-7-13)17(3,16(18)19)11-15-5-4-10-20-15/h4-10,12H,11H2,1-3H3. The molecule has 0 saturated carbocycles. The lowest BCUT2D eigenvalue weighted by atomic mass is 9.79. The van der Waals surface area contributed by atoms with Gasteiger partial charge in [-0.2, -0.15) is 0 Å². The van der Waals surface area contributed by atoms with Gasteiger partial charge in [-0.1, -0.05) is 44.2 Å². The summed E-state index contributed by atoms with van der Waals surface area (Å²) in [4.78, 5) is 13.2. The summed E-state index contributed by atoms with van der Waals surface area (Å²) in [6, 6.07) is 12.3. The summed E-state index contributed by atoms with van der Waals surface area (Å²) in [5, 5.41) is 1.72. The molecule has 2 rings (SSSR count). The smallest absolute Gasteiger partial charge is 0.232 e. The molecule has 0 spiro atoms. The van der Waals surface area contributed by atoms with Crippen LogP contribution in [0.4, 0.5) is 0 Å². The normalized spacial score (nSPS) is 14.2. The second-order valence-electron chi connectivity index (χ2n) is 5.64. The topological polar surface area (TPSA) is 17.1 Å². The van der Waals surface area contributed by atoms with Crippen LogP contribution < -0.4 is 0 Å². The predicted octanol–water partition coefficient (Wildman–Crippen LogP) is 5.14. The van der Waals surface area contributed by atoms with Crippen molar-refractivity contribution in [2.24, 2.45) is 0 Å². The summed E-state index contributed by atoms with van der Waals surface area (Å²) in [5.74, 6) is 0.485. The van der Waals surface area contributed by atoms with Gasteiger partial charge >= 0.3 is 0 Å². The minimum Gasteiger partial charge on any atom is -0.280 e. The van der Waals surface area contributed by atoms with Crippen molar-refractivity contribution in [3.8, 4) is 0 Å². The highest BCUT2D eigenvalue weighted by Gasteiger charge is 2.34. The number of carbonyl (C=O) groups excluding carboxylic acids is 1. The first-order valence-electron chi connectivity index (χ1n) is 6.76. The van der Waals surface area contributed by atoms with Crippen molar-refractivity contribution in [1.29, 1.82) is 0 Å². The number of carbonyl (C=O) groups is 1. The number of rotatable bonds is 5. The maximum Gasteiger partial charge on any atom is 0.232 e. The Kier molecular flexibility index (Phi) is 4.66. The molecular weight excluding hydrogens is 288 g/mol. The van der Waals surface area contributed by atoms with Gasteiger partial charge in [0.1, 0.15) is 0 Å². The van der Waals surface area contributed by atoms with E-state index in [1.165, 1.54) is 10.4 Å². The molecule has 106 valence electrons. The molecule has 0 amide bonds. The molecule has 1 aromatic heterocycles. The van der Waals surface area contributed by atoms with Gasteiger partial charge in [-0.3, -0.25) is 4.79 Å². The first kappa shape index (κ1) is 15.3. The maximum atomic E-state index is 12.0. The van der Waals surface area contributed by atoms with E-state index in [0.717, 1.165) is 5.56 Å². The Labute approximate surface area is 129 Å². The zero-order valence-corrected chi connectivity index (χ0v) is 13.6. The molecule has 0 radical (unpaired) electrons. The molecule has 0 aliphatic carbocycles. The van der Waals surface area contributed by atoms with Gasteiger partial charge in [0.2, 0.25) is 5.24 Å². The fourth-order valence-electron chi connectivity index (χ4n) is 2.28. The van der Waals surface area contributed by atoms with E-state index in [2.05, 4.69) is 26.0 Å². The van der Waals surface area contributed by atoms with E-state index in [9.17, 15) is 4.79 Å². The quantitative estimate of drug-likeness (QED) is 0.699. The number of thiophene rings is 1. The van der Waals surface area contributed by atoms with Crippen molar-refractivity contribution < 1.29 is 4.79 Å². The van der Waals surface area contributed by atoms with E-state index in [-0.39, 0.29) is 5.24 Å². The SMILES string of the molecule is CC(C)c1ccc(C(C)(Cc2cccs2)C(=O)Cl)cc1. The van der Waals surface area contributed by atoms with Crippen LogP contribution in [-0.2, 0) is 16.6 Å². The summed E-state index contributed by atoms with van der Waals surface area (Å²) in [7, 11) is 0. The second kappa shape index (κ2) is 6.11.